The topological polar surface area (TPSA) is 29.1 Å². The van der Waals surface area contributed by atoms with Gasteiger partial charge in [0, 0.05) is 6.04 Å². The van der Waals surface area contributed by atoms with Crippen molar-refractivity contribution in [2.75, 3.05) is 0 Å². The molecule has 0 amide bonds. The van der Waals surface area contributed by atoms with E-state index >= 15 is 0 Å². The van der Waals surface area contributed by atoms with E-state index in [9.17, 15) is 4.21 Å². The fraction of sp³-hybridized carbons (Fsp3) is 0.526. The first-order valence-corrected chi connectivity index (χ1v) is 12.6. The predicted octanol–water partition coefficient (Wildman–Crippen LogP) is 4.07. The second-order valence-electron chi connectivity index (χ2n) is 7.46. The molecule has 0 aliphatic carbocycles. The van der Waals surface area contributed by atoms with Crippen LogP contribution in [0.25, 0.3) is 0 Å². The average molecular weight is 350 g/mol. The first kappa shape index (κ1) is 20.1. The van der Waals surface area contributed by atoms with E-state index in [-0.39, 0.29) is 10.8 Å². The third-order valence-electron chi connectivity index (χ3n) is 3.67. The molecule has 0 spiro atoms. The molecular weight excluding hydrogens is 318 g/mol. The Morgan fingerprint density at radius 1 is 1.26 bits per heavy atom. The van der Waals surface area contributed by atoms with E-state index in [0.29, 0.717) is 0 Å². The van der Waals surface area contributed by atoms with E-state index in [2.05, 4.69) is 66.5 Å². The Balaban J connectivity index is 2.86. The number of nitrogens with one attached hydrogen (secondary N) is 1. The van der Waals surface area contributed by atoms with Crippen molar-refractivity contribution in [1.29, 1.82) is 0 Å². The van der Waals surface area contributed by atoms with Gasteiger partial charge in [-0.15, -0.1) is 5.73 Å². The van der Waals surface area contributed by atoms with Crippen LogP contribution in [0.2, 0.25) is 13.1 Å². The molecule has 0 saturated carbocycles. The third-order valence-corrected chi connectivity index (χ3v) is 8.01. The van der Waals surface area contributed by atoms with Gasteiger partial charge < -0.3 is 0 Å². The Hall–Kier alpha value is -0.933. The van der Waals surface area contributed by atoms with Gasteiger partial charge in [0.2, 0.25) is 0 Å². The van der Waals surface area contributed by atoms with Gasteiger partial charge in [-0.2, -0.15) is 0 Å². The lowest BCUT2D eigenvalue weighted by molar-refractivity contribution is 0.602. The van der Waals surface area contributed by atoms with E-state index in [1.54, 1.807) is 0 Å². The molecule has 0 radical (unpaired) electrons. The molecule has 1 aromatic carbocycles. The van der Waals surface area contributed by atoms with Crippen molar-refractivity contribution in [3.63, 3.8) is 0 Å². The summed E-state index contributed by atoms with van der Waals surface area (Å²) < 4.78 is 15.3. The maximum atomic E-state index is 12.3. The molecule has 0 aliphatic heterocycles. The summed E-state index contributed by atoms with van der Waals surface area (Å²) in [6.45, 7) is 12.8. The lowest BCUT2D eigenvalue weighted by Gasteiger charge is -2.22. The lowest BCUT2D eigenvalue weighted by Crippen LogP contribution is -2.39. The molecule has 1 unspecified atom stereocenters. The molecule has 4 heteroatoms. The molecule has 2 nitrogen and oxygen atoms in total. The Morgan fingerprint density at radius 3 is 2.39 bits per heavy atom. The first-order chi connectivity index (χ1) is 10.7. The maximum absolute atomic E-state index is 12.3. The Kier molecular flexibility index (Phi) is 7.69. The van der Waals surface area contributed by atoms with E-state index in [0.717, 1.165) is 12.8 Å². The number of benzene rings is 1. The van der Waals surface area contributed by atoms with Crippen LogP contribution >= 0.6 is 0 Å². The van der Waals surface area contributed by atoms with Gasteiger partial charge in [-0.1, -0.05) is 62.0 Å². The fourth-order valence-corrected chi connectivity index (χ4v) is 4.67. The highest BCUT2D eigenvalue weighted by Crippen LogP contribution is 2.11. The van der Waals surface area contributed by atoms with Crippen LogP contribution in [0.4, 0.5) is 0 Å². The van der Waals surface area contributed by atoms with Crippen molar-refractivity contribution < 1.29 is 4.21 Å². The van der Waals surface area contributed by atoms with Gasteiger partial charge in [0.05, 0.1) is 15.7 Å². The smallest absolute Gasteiger partial charge is 0.112 e. The molecule has 1 aromatic rings. The second-order valence-corrected chi connectivity index (χ2v) is 13.8. The molecule has 2 atom stereocenters. The number of rotatable bonds is 7. The van der Waals surface area contributed by atoms with Crippen LogP contribution in [-0.2, 0) is 11.0 Å². The summed E-state index contributed by atoms with van der Waals surface area (Å²) in [4.78, 5) is 0. The molecule has 0 fully saturated rings. The molecule has 0 bridgehead atoms. The fourth-order valence-electron chi connectivity index (χ4n) is 2.13. The van der Waals surface area contributed by atoms with Gasteiger partial charge in [0.25, 0.3) is 0 Å². The van der Waals surface area contributed by atoms with Crippen molar-refractivity contribution in [3.05, 3.63) is 47.8 Å². The van der Waals surface area contributed by atoms with Gasteiger partial charge in [0.1, 0.15) is 8.07 Å². The second kappa shape index (κ2) is 8.79. The highest BCUT2D eigenvalue weighted by Gasteiger charge is 2.22. The molecule has 0 aliphatic rings. The van der Waals surface area contributed by atoms with Crippen LogP contribution in [0.15, 0.2) is 47.8 Å². The van der Waals surface area contributed by atoms with Crippen LogP contribution < -0.4 is 9.91 Å². The van der Waals surface area contributed by atoms with Crippen molar-refractivity contribution in [2.45, 2.75) is 64.4 Å². The van der Waals surface area contributed by atoms with Crippen molar-refractivity contribution in [2.24, 2.45) is 0 Å². The van der Waals surface area contributed by atoms with Crippen LogP contribution in [-0.4, -0.2) is 23.1 Å². The standard InChI is InChI=1S/C19H31NOSSi/c1-7-12-17(20-22(21)19(2,3)4)13-11-16-23(5,6)18-14-9-8-10-15-18/h8-10,13-17,20H,7,12H2,1-6H3/t11?,17-,22?/m1/s1. The Morgan fingerprint density at radius 2 is 1.87 bits per heavy atom. The molecule has 0 saturated heterocycles. The molecule has 128 valence electrons. The summed E-state index contributed by atoms with van der Waals surface area (Å²) in [6.07, 6.45) is 4.07. The van der Waals surface area contributed by atoms with Crippen molar-refractivity contribution >= 4 is 24.2 Å². The van der Waals surface area contributed by atoms with Gasteiger partial charge in [-0.05, 0) is 39.0 Å². The van der Waals surface area contributed by atoms with Crippen molar-refractivity contribution in [1.82, 2.24) is 4.72 Å². The molecule has 0 heterocycles. The summed E-state index contributed by atoms with van der Waals surface area (Å²) >= 11 is 0. The summed E-state index contributed by atoms with van der Waals surface area (Å²) in [5, 5.41) is 1.40. The van der Waals surface area contributed by atoms with Gasteiger partial charge in [-0.25, -0.2) is 8.93 Å². The minimum Gasteiger partial charge on any atom is -0.242 e. The third kappa shape index (κ3) is 7.00. The normalized spacial score (nSPS) is 14.7. The molecule has 0 aromatic heterocycles. The first-order valence-electron chi connectivity index (χ1n) is 8.34. The Labute approximate surface area is 145 Å². The summed E-state index contributed by atoms with van der Waals surface area (Å²) in [5.41, 5.74) is 5.61. The van der Waals surface area contributed by atoms with E-state index in [1.807, 2.05) is 26.8 Å². The zero-order valence-corrected chi connectivity index (χ0v) is 17.2. The van der Waals surface area contributed by atoms with Crippen LogP contribution in [0, 0.1) is 0 Å². The van der Waals surface area contributed by atoms with E-state index < -0.39 is 19.1 Å². The van der Waals surface area contributed by atoms with E-state index in [1.165, 1.54) is 5.19 Å². The van der Waals surface area contributed by atoms with E-state index in [4.69, 9.17) is 0 Å². The predicted molar refractivity (Wildman–Crippen MR) is 106 cm³/mol. The average Bonchev–Trinajstić information content (AvgIpc) is 2.47. The van der Waals surface area contributed by atoms with Crippen LogP contribution in [0.5, 0.6) is 0 Å². The maximum Gasteiger partial charge on any atom is 0.112 e. The zero-order chi connectivity index (χ0) is 17.5. The SMILES string of the molecule is CCC[C@H](C=C=C[Si](C)(C)c1ccccc1)NS(=O)C(C)(C)C. The molecule has 23 heavy (non-hydrogen) atoms. The largest absolute Gasteiger partial charge is 0.242 e. The van der Waals surface area contributed by atoms with Gasteiger partial charge >= 0.3 is 0 Å². The monoisotopic (exact) mass is 349 g/mol. The lowest BCUT2D eigenvalue weighted by atomic mass is 10.2. The summed E-state index contributed by atoms with van der Waals surface area (Å²) in [7, 11) is -2.67. The number of hydrogen-bond acceptors (Lipinski definition) is 1. The van der Waals surface area contributed by atoms with Gasteiger partial charge in [0.15, 0.2) is 0 Å². The number of hydrogen-bond donors (Lipinski definition) is 1. The summed E-state index contributed by atoms with van der Waals surface area (Å²) in [6, 6.07) is 10.7. The van der Waals surface area contributed by atoms with Crippen LogP contribution in [0.1, 0.15) is 40.5 Å². The van der Waals surface area contributed by atoms with Crippen LogP contribution in [0.3, 0.4) is 0 Å². The molecular formula is C19H31NOSSi. The Bertz CT molecular complexity index is 569. The minimum absolute atomic E-state index is 0.108. The molecule has 1 rings (SSSR count). The summed E-state index contributed by atoms with van der Waals surface area (Å²) in [5.74, 6) is 0. The quantitative estimate of drug-likeness (QED) is 0.583. The van der Waals surface area contributed by atoms with Gasteiger partial charge in [-0.3, -0.25) is 0 Å². The molecule has 1 N–H and O–H groups in total. The minimum atomic E-state index is -1.62. The highest BCUT2D eigenvalue weighted by molar-refractivity contribution is 7.84. The highest BCUT2D eigenvalue weighted by atomic mass is 32.2. The van der Waals surface area contributed by atoms with Crippen molar-refractivity contribution in [3.8, 4) is 0 Å². The zero-order valence-electron chi connectivity index (χ0n) is 15.3.